The first-order valence-corrected chi connectivity index (χ1v) is 8.52. The zero-order valence-electron chi connectivity index (χ0n) is 12.4. The third-order valence-electron chi connectivity index (χ3n) is 3.75. The van der Waals surface area contributed by atoms with Crippen LogP contribution in [0, 0.1) is 0 Å². The Balaban J connectivity index is 1.73. The number of thioether (sulfide) groups is 1. The number of carboxylic acid groups (broad SMARTS) is 1. The summed E-state index contributed by atoms with van der Waals surface area (Å²) in [5.74, 6) is 0.191. The summed E-state index contributed by atoms with van der Waals surface area (Å²) < 4.78 is 5.36. The van der Waals surface area contributed by atoms with Crippen LogP contribution in [0.4, 0.5) is 0 Å². The Morgan fingerprint density at radius 2 is 1.91 bits per heavy atom. The van der Waals surface area contributed by atoms with Crippen LogP contribution >= 0.6 is 11.8 Å². The first kappa shape index (κ1) is 16.8. The molecule has 5 nitrogen and oxygen atoms in total. The van der Waals surface area contributed by atoms with Crippen molar-refractivity contribution in [1.29, 1.82) is 0 Å². The zero-order valence-corrected chi connectivity index (χ0v) is 13.2. The van der Waals surface area contributed by atoms with Gasteiger partial charge in [0.2, 0.25) is 5.91 Å². The summed E-state index contributed by atoms with van der Waals surface area (Å²) in [6, 6.07) is 9.87. The average molecular weight is 323 g/mol. The van der Waals surface area contributed by atoms with Gasteiger partial charge in [0, 0.05) is 0 Å². The first-order valence-electron chi connectivity index (χ1n) is 7.36. The second kappa shape index (κ2) is 8.19. The highest BCUT2D eigenvalue weighted by Crippen LogP contribution is 2.27. The fraction of sp³-hybridized carbons (Fsp3) is 0.500. The van der Waals surface area contributed by atoms with Gasteiger partial charge in [-0.15, -0.1) is 0 Å². The second-order valence-corrected chi connectivity index (χ2v) is 6.56. The SMILES string of the molecule is O=C(COCCc1ccccc1)NC1(C(=O)O)CCSCC1. The fourth-order valence-corrected chi connectivity index (χ4v) is 3.60. The summed E-state index contributed by atoms with van der Waals surface area (Å²) in [7, 11) is 0. The second-order valence-electron chi connectivity index (χ2n) is 5.34. The minimum atomic E-state index is -1.12. The molecule has 2 N–H and O–H groups in total. The largest absolute Gasteiger partial charge is 0.480 e. The lowest BCUT2D eigenvalue weighted by atomic mass is 9.92. The molecule has 1 aliphatic heterocycles. The van der Waals surface area contributed by atoms with Gasteiger partial charge in [-0.05, 0) is 36.3 Å². The maximum Gasteiger partial charge on any atom is 0.329 e. The maximum absolute atomic E-state index is 11.9. The zero-order chi connectivity index (χ0) is 15.8. The summed E-state index contributed by atoms with van der Waals surface area (Å²) in [5.41, 5.74) is 0.0275. The monoisotopic (exact) mass is 323 g/mol. The van der Waals surface area contributed by atoms with Gasteiger partial charge in [-0.3, -0.25) is 4.79 Å². The Morgan fingerprint density at radius 1 is 1.23 bits per heavy atom. The summed E-state index contributed by atoms with van der Waals surface area (Å²) in [6.07, 6.45) is 1.65. The minimum Gasteiger partial charge on any atom is -0.480 e. The smallest absolute Gasteiger partial charge is 0.329 e. The van der Waals surface area contributed by atoms with Gasteiger partial charge >= 0.3 is 5.97 Å². The van der Waals surface area contributed by atoms with Crippen LogP contribution in [0.25, 0.3) is 0 Å². The van der Waals surface area contributed by atoms with Gasteiger partial charge in [0.1, 0.15) is 12.1 Å². The van der Waals surface area contributed by atoms with Crippen LogP contribution in [0.15, 0.2) is 30.3 Å². The van der Waals surface area contributed by atoms with Crippen molar-refractivity contribution >= 4 is 23.6 Å². The lowest BCUT2D eigenvalue weighted by Crippen LogP contribution is -2.57. The molecule has 1 saturated heterocycles. The predicted molar refractivity (Wildman–Crippen MR) is 86.0 cm³/mol. The van der Waals surface area contributed by atoms with E-state index in [9.17, 15) is 14.7 Å². The molecule has 0 saturated carbocycles. The van der Waals surface area contributed by atoms with Crippen LogP contribution in [0.1, 0.15) is 18.4 Å². The Morgan fingerprint density at radius 3 is 2.55 bits per heavy atom. The molecule has 0 spiro atoms. The number of carbonyl (C=O) groups is 2. The number of hydrogen-bond acceptors (Lipinski definition) is 4. The number of benzene rings is 1. The Labute approximate surface area is 134 Å². The number of hydrogen-bond donors (Lipinski definition) is 2. The molecule has 120 valence electrons. The van der Waals surface area contributed by atoms with Crippen molar-refractivity contribution in [3.05, 3.63) is 35.9 Å². The molecule has 0 aromatic heterocycles. The topological polar surface area (TPSA) is 75.6 Å². The van der Waals surface area contributed by atoms with E-state index in [2.05, 4.69) is 5.32 Å². The minimum absolute atomic E-state index is 0.102. The molecule has 2 rings (SSSR count). The van der Waals surface area contributed by atoms with Crippen molar-refractivity contribution in [2.24, 2.45) is 0 Å². The number of aliphatic carboxylic acids is 1. The standard InChI is InChI=1S/C16H21NO4S/c18-14(12-21-9-6-13-4-2-1-3-5-13)17-16(15(19)20)7-10-22-11-8-16/h1-5H,6-12H2,(H,17,18)(H,19,20). The summed E-state index contributed by atoms with van der Waals surface area (Å²) in [5, 5.41) is 12.0. The quantitative estimate of drug-likeness (QED) is 0.747. The highest BCUT2D eigenvalue weighted by molar-refractivity contribution is 7.99. The number of amides is 1. The van der Waals surface area contributed by atoms with E-state index in [1.807, 2.05) is 30.3 Å². The van der Waals surface area contributed by atoms with Crippen LogP contribution in [0.5, 0.6) is 0 Å². The van der Waals surface area contributed by atoms with Crippen LogP contribution in [-0.4, -0.2) is 47.2 Å². The number of carbonyl (C=O) groups excluding carboxylic acids is 1. The lowest BCUT2D eigenvalue weighted by Gasteiger charge is -2.33. The van der Waals surface area contributed by atoms with E-state index in [4.69, 9.17) is 4.74 Å². The molecule has 0 aliphatic carbocycles. The molecule has 6 heteroatoms. The Kier molecular flexibility index (Phi) is 6.27. The van der Waals surface area contributed by atoms with E-state index in [0.717, 1.165) is 23.5 Å². The number of carboxylic acids is 1. The van der Waals surface area contributed by atoms with Gasteiger partial charge in [-0.2, -0.15) is 11.8 Å². The van der Waals surface area contributed by atoms with E-state index in [1.54, 1.807) is 11.8 Å². The number of rotatable bonds is 7. The van der Waals surface area contributed by atoms with Gasteiger partial charge in [0.05, 0.1) is 6.61 Å². The molecule has 1 aromatic rings. The van der Waals surface area contributed by atoms with E-state index in [0.29, 0.717) is 19.4 Å². The third-order valence-corrected chi connectivity index (χ3v) is 4.73. The van der Waals surface area contributed by atoms with Gasteiger partial charge in [0.25, 0.3) is 0 Å². The number of ether oxygens (including phenoxy) is 1. The van der Waals surface area contributed by atoms with Crippen molar-refractivity contribution in [3.63, 3.8) is 0 Å². The fourth-order valence-electron chi connectivity index (χ4n) is 2.41. The molecular weight excluding hydrogens is 302 g/mol. The molecule has 22 heavy (non-hydrogen) atoms. The first-order chi connectivity index (χ1) is 10.6. The van der Waals surface area contributed by atoms with Gasteiger partial charge in [-0.1, -0.05) is 30.3 Å². The highest BCUT2D eigenvalue weighted by atomic mass is 32.2. The normalized spacial score (nSPS) is 16.9. The predicted octanol–water partition coefficient (Wildman–Crippen LogP) is 1.71. The van der Waals surface area contributed by atoms with Gasteiger partial charge < -0.3 is 15.2 Å². The van der Waals surface area contributed by atoms with Crippen LogP contribution in [-0.2, 0) is 20.7 Å². The molecule has 1 fully saturated rings. The third kappa shape index (κ3) is 4.74. The summed E-state index contributed by atoms with van der Waals surface area (Å²) >= 11 is 1.71. The summed E-state index contributed by atoms with van der Waals surface area (Å²) in [6.45, 7) is 0.336. The lowest BCUT2D eigenvalue weighted by molar-refractivity contribution is -0.148. The molecular formula is C16H21NO4S. The van der Waals surface area contributed by atoms with Crippen molar-refractivity contribution in [2.45, 2.75) is 24.8 Å². The molecule has 0 atom stereocenters. The van der Waals surface area contributed by atoms with E-state index in [-0.39, 0.29) is 12.5 Å². The van der Waals surface area contributed by atoms with Gasteiger partial charge in [0.15, 0.2) is 0 Å². The van der Waals surface area contributed by atoms with E-state index >= 15 is 0 Å². The maximum atomic E-state index is 11.9. The Hall–Kier alpha value is -1.53. The van der Waals surface area contributed by atoms with Crippen molar-refractivity contribution in [1.82, 2.24) is 5.32 Å². The van der Waals surface area contributed by atoms with E-state index < -0.39 is 11.5 Å². The highest BCUT2D eigenvalue weighted by Gasteiger charge is 2.41. The van der Waals surface area contributed by atoms with Crippen molar-refractivity contribution < 1.29 is 19.4 Å². The molecule has 0 unspecified atom stereocenters. The van der Waals surface area contributed by atoms with Crippen LogP contribution in [0.3, 0.4) is 0 Å². The molecule has 1 heterocycles. The number of nitrogens with one attached hydrogen (secondary N) is 1. The van der Waals surface area contributed by atoms with Crippen molar-refractivity contribution in [3.8, 4) is 0 Å². The van der Waals surface area contributed by atoms with E-state index in [1.165, 1.54) is 0 Å². The molecule has 0 bridgehead atoms. The molecule has 1 aromatic carbocycles. The average Bonchev–Trinajstić information content (AvgIpc) is 2.53. The van der Waals surface area contributed by atoms with Crippen LogP contribution in [0.2, 0.25) is 0 Å². The Bertz CT molecular complexity index is 500. The molecule has 0 radical (unpaired) electrons. The molecule has 1 amide bonds. The molecule has 1 aliphatic rings. The van der Waals surface area contributed by atoms with Crippen molar-refractivity contribution in [2.75, 3.05) is 24.7 Å². The van der Waals surface area contributed by atoms with Gasteiger partial charge in [-0.25, -0.2) is 4.79 Å². The van der Waals surface area contributed by atoms with Crippen LogP contribution < -0.4 is 5.32 Å². The summed E-state index contributed by atoms with van der Waals surface area (Å²) in [4.78, 5) is 23.4.